The number of carbonyl (C=O) groups is 1. The number of fused-ring (bicyclic) bond motifs is 2. The Morgan fingerprint density at radius 2 is 1.82 bits per heavy atom. The minimum atomic E-state index is -3.97. The largest absolute Gasteiger partial charge is 0.487 e. The molecule has 0 saturated heterocycles. The summed E-state index contributed by atoms with van der Waals surface area (Å²) >= 11 is 0. The third-order valence-corrected chi connectivity index (χ3v) is 9.12. The second-order valence-electron chi connectivity index (χ2n) is 9.89. The van der Waals surface area contributed by atoms with Gasteiger partial charge >= 0.3 is 0 Å². The smallest absolute Gasteiger partial charge is 0.253 e. The Labute approximate surface area is 227 Å². The number of nitrogens with zero attached hydrogens (tertiary/aromatic N) is 3. The predicted octanol–water partition coefficient (Wildman–Crippen LogP) is 3.02. The zero-order valence-electron chi connectivity index (χ0n) is 22.0. The quantitative estimate of drug-likeness (QED) is 0.495. The van der Waals surface area contributed by atoms with Crippen molar-refractivity contribution in [2.24, 2.45) is 5.92 Å². The summed E-state index contributed by atoms with van der Waals surface area (Å²) in [6, 6.07) is 13.0. The Balaban J connectivity index is 1.49. The number of hydrogen-bond acceptors (Lipinski definition) is 8. The lowest BCUT2D eigenvalue weighted by atomic mass is 10.0. The second kappa shape index (κ2) is 10.8. The molecule has 39 heavy (non-hydrogen) atoms. The fourth-order valence-corrected chi connectivity index (χ4v) is 6.60. The Morgan fingerprint density at radius 3 is 2.56 bits per heavy atom. The Hall–Kier alpha value is -3.67. The number of ether oxygens (including phenoxy) is 3. The van der Waals surface area contributed by atoms with Crippen LogP contribution in [0, 0.1) is 5.92 Å². The van der Waals surface area contributed by atoms with Gasteiger partial charge in [0.1, 0.15) is 16.7 Å². The first-order valence-electron chi connectivity index (χ1n) is 12.7. The molecular weight excluding hydrogens is 522 g/mol. The monoisotopic (exact) mass is 553 g/mol. The maximum Gasteiger partial charge on any atom is 0.253 e. The van der Waals surface area contributed by atoms with Crippen molar-refractivity contribution >= 4 is 15.9 Å². The first-order chi connectivity index (χ1) is 18.7. The molecule has 2 aliphatic heterocycles. The highest BCUT2D eigenvalue weighted by Gasteiger charge is 2.38. The number of aliphatic hydroxyl groups excluding tert-OH is 1. The van der Waals surface area contributed by atoms with E-state index in [1.54, 1.807) is 61.6 Å². The van der Waals surface area contributed by atoms with Gasteiger partial charge in [-0.15, -0.1) is 0 Å². The lowest BCUT2D eigenvalue weighted by Gasteiger charge is -2.37. The molecule has 0 fully saturated rings. The SMILES string of the molecule is C[C@H]1CN([C@@H](C)CO)S(=O)(=O)c2ccc(-c3ccncc3)cc2O[C@H]1CN(C)C(=O)c1ccc2c(c1)OCO2. The van der Waals surface area contributed by atoms with E-state index < -0.39 is 22.2 Å². The molecule has 0 spiro atoms. The van der Waals surface area contributed by atoms with Crippen LogP contribution in [0.5, 0.6) is 17.2 Å². The number of hydrogen-bond donors (Lipinski definition) is 1. The average Bonchev–Trinajstić information content (AvgIpc) is 3.42. The number of benzene rings is 2. The molecule has 2 aromatic carbocycles. The number of likely N-dealkylation sites (N-methyl/N-ethyl adjacent to an activating group) is 1. The van der Waals surface area contributed by atoms with Crippen LogP contribution in [-0.4, -0.2) is 79.3 Å². The number of amides is 1. The van der Waals surface area contributed by atoms with Gasteiger partial charge in [0.2, 0.25) is 16.8 Å². The van der Waals surface area contributed by atoms with Crippen LogP contribution < -0.4 is 14.2 Å². The van der Waals surface area contributed by atoms with Crippen molar-refractivity contribution in [3.8, 4) is 28.4 Å². The van der Waals surface area contributed by atoms with Crippen molar-refractivity contribution in [1.82, 2.24) is 14.2 Å². The predicted molar refractivity (Wildman–Crippen MR) is 143 cm³/mol. The van der Waals surface area contributed by atoms with Gasteiger partial charge in [0.15, 0.2) is 11.5 Å². The van der Waals surface area contributed by atoms with Gasteiger partial charge in [-0.05, 0) is 60.5 Å². The molecule has 3 aromatic rings. The zero-order chi connectivity index (χ0) is 27.7. The molecule has 3 atom stereocenters. The lowest BCUT2D eigenvalue weighted by molar-refractivity contribution is 0.0563. The van der Waals surface area contributed by atoms with Gasteiger partial charge < -0.3 is 24.2 Å². The van der Waals surface area contributed by atoms with E-state index in [-0.39, 0.29) is 49.0 Å². The molecule has 0 unspecified atom stereocenters. The van der Waals surface area contributed by atoms with Gasteiger partial charge in [0.05, 0.1) is 13.2 Å². The van der Waals surface area contributed by atoms with E-state index in [0.29, 0.717) is 17.1 Å². The first kappa shape index (κ1) is 26.9. The molecule has 0 aliphatic carbocycles. The van der Waals surface area contributed by atoms with Crippen molar-refractivity contribution in [2.45, 2.75) is 30.9 Å². The first-order valence-corrected chi connectivity index (χ1v) is 14.1. The van der Waals surface area contributed by atoms with Crippen LogP contribution in [0.1, 0.15) is 24.2 Å². The van der Waals surface area contributed by atoms with Crippen LogP contribution in [0.2, 0.25) is 0 Å². The average molecular weight is 554 g/mol. The Kier molecular flexibility index (Phi) is 7.48. The molecule has 5 rings (SSSR count). The van der Waals surface area contributed by atoms with Crippen LogP contribution in [0.4, 0.5) is 0 Å². The van der Waals surface area contributed by atoms with Crippen molar-refractivity contribution in [2.75, 3.05) is 33.5 Å². The summed E-state index contributed by atoms with van der Waals surface area (Å²) in [5.41, 5.74) is 2.07. The molecule has 206 valence electrons. The minimum Gasteiger partial charge on any atom is -0.487 e. The second-order valence-corrected chi connectivity index (χ2v) is 11.8. The Morgan fingerprint density at radius 1 is 1.08 bits per heavy atom. The number of carbonyl (C=O) groups excluding carboxylic acids is 1. The van der Waals surface area contributed by atoms with Gasteiger partial charge in [-0.25, -0.2) is 8.42 Å². The zero-order valence-corrected chi connectivity index (χ0v) is 22.8. The van der Waals surface area contributed by atoms with Crippen LogP contribution >= 0.6 is 0 Å². The molecule has 0 radical (unpaired) electrons. The van der Waals surface area contributed by atoms with E-state index >= 15 is 0 Å². The van der Waals surface area contributed by atoms with Crippen molar-refractivity contribution in [3.63, 3.8) is 0 Å². The van der Waals surface area contributed by atoms with Gasteiger partial charge in [0.25, 0.3) is 5.91 Å². The maximum atomic E-state index is 13.7. The normalized spacial score (nSPS) is 20.7. The molecule has 0 bridgehead atoms. The van der Waals surface area contributed by atoms with Crippen LogP contribution in [0.15, 0.2) is 65.8 Å². The van der Waals surface area contributed by atoms with E-state index in [0.717, 1.165) is 11.1 Å². The molecule has 1 amide bonds. The van der Waals surface area contributed by atoms with Crippen molar-refractivity contribution in [1.29, 1.82) is 0 Å². The summed E-state index contributed by atoms with van der Waals surface area (Å²) in [6.07, 6.45) is 2.79. The molecule has 3 heterocycles. The molecule has 11 heteroatoms. The topological polar surface area (TPSA) is 118 Å². The van der Waals surface area contributed by atoms with Crippen molar-refractivity contribution < 1.29 is 32.5 Å². The molecule has 1 aromatic heterocycles. The lowest BCUT2D eigenvalue weighted by Crippen LogP contribution is -2.50. The van der Waals surface area contributed by atoms with Gasteiger partial charge in [-0.3, -0.25) is 9.78 Å². The number of aromatic nitrogens is 1. The van der Waals surface area contributed by atoms with Gasteiger partial charge in [0, 0.05) is 43.5 Å². The summed E-state index contributed by atoms with van der Waals surface area (Å²) < 4.78 is 45.9. The molecule has 0 saturated carbocycles. The van der Waals surface area contributed by atoms with Crippen LogP contribution in [0.25, 0.3) is 11.1 Å². The summed E-state index contributed by atoms with van der Waals surface area (Å²) in [7, 11) is -2.29. The van der Waals surface area contributed by atoms with Gasteiger partial charge in [-0.1, -0.05) is 13.0 Å². The van der Waals surface area contributed by atoms with Crippen LogP contribution in [-0.2, 0) is 10.0 Å². The van der Waals surface area contributed by atoms with E-state index in [1.165, 1.54) is 10.4 Å². The number of sulfonamides is 1. The highest BCUT2D eigenvalue weighted by atomic mass is 32.2. The van der Waals surface area contributed by atoms with E-state index in [1.807, 2.05) is 19.1 Å². The summed E-state index contributed by atoms with van der Waals surface area (Å²) in [4.78, 5) is 18.9. The third kappa shape index (κ3) is 5.29. The number of aliphatic hydroxyl groups is 1. The molecular formula is C28H31N3O7S. The Bertz CT molecular complexity index is 1470. The fraction of sp³-hybridized carbons (Fsp3) is 0.357. The fourth-order valence-electron chi connectivity index (χ4n) is 4.77. The van der Waals surface area contributed by atoms with Gasteiger partial charge in [-0.2, -0.15) is 4.31 Å². The maximum absolute atomic E-state index is 13.7. The highest BCUT2D eigenvalue weighted by Crippen LogP contribution is 2.37. The van der Waals surface area contributed by atoms with E-state index in [4.69, 9.17) is 14.2 Å². The summed E-state index contributed by atoms with van der Waals surface area (Å²) in [6.45, 7) is 3.66. The van der Waals surface area contributed by atoms with Crippen LogP contribution in [0.3, 0.4) is 0 Å². The molecule has 2 aliphatic rings. The molecule has 1 N–H and O–H groups in total. The van der Waals surface area contributed by atoms with Crippen molar-refractivity contribution in [3.05, 3.63) is 66.5 Å². The van der Waals surface area contributed by atoms with E-state index in [9.17, 15) is 18.3 Å². The minimum absolute atomic E-state index is 0.0160. The number of rotatable bonds is 6. The van der Waals surface area contributed by atoms with E-state index in [2.05, 4.69) is 4.98 Å². The highest BCUT2D eigenvalue weighted by molar-refractivity contribution is 7.89. The standard InChI is InChI=1S/C28H31N3O7S/c1-18-14-31(19(2)16-32)39(34,35)27-7-5-21(20-8-10-29-11-9-20)12-25(27)38-26(18)15-30(3)28(33)22-4-6-23-24(13-22)37-17-36-23/h4-13,18-19,26,32H,14-17H2,1-3H3/t18-,19-,26-/m0/s1. The number of pyridine rings is 1. The molecule has 10 nitrogen and oxygen atoms in total. The summed E-state index contributed by atoms with van der Waals surface area (Å²) in [5.74, 6) is 0.761. The summed E-state index contributed by atoms with van der Waals surface area (Å²) in [5, 5.41) is 9.87. The third-order valence-electron chi connectivity index (χ3n) is 7.10.